The van der Waals surface area contributed by atoms with Crippen molar-refractivity contribution in [1.29, 1.82) is 0 Å². The van der Waals surface area contributed by atoms with Crippen LogP contribution in [-0.2, 0) is 16.0 Å². The lowest BCUT2D eigenvalue weighted by Crippen LogP contribution is -2.54. The molecular formula is C36H54N4O6. The van der Waals surface area contributed by atoms with Crippen molar-refractivity contribution in [3.8, 4) is 0 Å². The Morgan fingerprint density at radius 2 is 1.83 bits per heavy atom. The van der Waals surface area contributed by atoms with Gasteiger partial charge in [-0.3, -0.25) is 4.90 Å². The Hall–Kier alpha value is -1.66. The van der Waals surface area contributed by atoms with Crippen LogP contribution >= 0.6 is 0 Å². The van der Waals surface area contributed by atoms with Crippen LogP contribution in [0.2, 0.25) is 0 Å². The molecule has 10 heteroatoms. The molecule has 1 aromatic heterocycles. The second-order valence-electron chi connectivity index (χ2n) is 16.5. The SMILES string of the molecule is CC1=C2CC3C(CC=C4CC(O)CCC43C)C2CCC12OC1CC(C)CN(Cc3cn(C4OC(C)C(O)C(O)C4O)nn3)C1C2C. The lowest BCUT2D eigenvalue weighted by atomic mass is 9.56. The molecule has 4 heterocycles. The molecule has 4 aliphatic carbocycles. The van der Waals surface area contributed by atoms with Crippen molar-refractivity contribution < 1.29 is 29.9 Å². The first-order valence-electron chi connectivity index (χ1n) is 18.0. The van der Waals surface area contributed by atoms with E-state index in [9.17, 15) is 20.4 Å². The molecule has 3 aliphatic heterocycles. The molecule has 0 amide bonds. The van der Waals surface area contributed by atoms with Crippen molar-refractivity contribution in [2.45, 2.75) is 147 Å². The molecule has 3 saturated heterocycles. The Balaban J connectivity index is 1.04. The molecule has 0 radical (unpaired) electrons. The Morgan fingerprint density at radius 3 is 2.63 bits per heavy atom. The van der Waals surface area contributed by atoms with Crippen LogP contribution in [-0.4, -0.2) is 95.1 Å². The second-order valence-corrected chi connectivity index (χ2v) is 16.5. The third-order valence-electron chi connectivity index (χ3n) is 14.1. The largest absolute Gasteiger partial charge is 0.393 e. The number of rotatable bonds is 3. The van der Waals surface area contributed by atoms with Gasteiger partial charge in [0.05, 0.1) is 35.8 Å². The summed E-state index contributed by atoms with van der Waals surface area (Å²) in [6, 6.07) is 0.274. The van der Waals surface area contributed by atoms with Gasteiger partial charge in [0.15, 0.2) is 6.23 Å². The number of fused-ring (bicyclic) bond motifs is 6. The lowest BCUT2D eigenvalue weighted by molar-refractivity contribution is -0.243. The van der Waals surface area contributed by atoms with E-state index in [1.54, 1.807) is 18.7 Å². The number of aromatic nitrogens is 3. The highest BCUT2D eigenvalue weighted by atomic mass is 16.5. The van der Waals surface area contributed by atoms with E-state index in [1.807, 2.05) is 0 Å². The summed E-state index contributed by atoms with van der Waals surface area (Å²) in [6.45, 7) is 12.9. The van der Waals surface area contributed by atoms with Gasteiger partial charge in [-0.25, -0.2) is 4.68 Å². The smallest absolute Gasteiger partial charge is 0.180 e. The van der Waals surface area contributed by atoms with Gasteiger partial charge in [0.1, 0.15) is 18.3 Å². The molecule has 1 aromatic rings. The number of allylic oxidation sites excluding steroid dienone is 2. The number of nitrogens with zero attached hydrogens (tertiary/aromatic N) is 4. The normalized spacial score (nSPS) is 50.6. The fourth-order valence-electron chi connectivity index (χ4n) is 11.6. The highest BCUT2D eigenvalue weighted by molar-refractivity contribution is 5.38. The van der Waals surface area contributed by atoms with Crippen LogP contribution in [0.4, 0.5) is 0 Å². The van der Waals surface area contributed by atoms with Crippen LogP contribution in [0.5, 0.6) is 0 Å². The van der Waals surface area contributed by atoms with E-state index in [4.69, 9.17) is 9.47 Å². The predicted octanol–water partition coefficient (Wildman–Crippen LogP) is 3.51. The van der Waals surface area contributed by atoms with Crippen LogP contribution in [0.25, 0.3) is 0 Å². The fraction of sp³-hybridized carbons (Fsp3) is 0.833. The molecule has 0 bridgehead atoms. The van der Waals surface area contributed by atoms with Crippen molar-refractivity contribution in [2.24, 2.45) is 35.0 Å². The number of hydrogen-bond donors (Lipinski definition) is 4. The van der Waals surface area contributed by atoms with Gasteiger partial charge in [0.25, 0.3) is 0 Å². The van der Waals surface area contributed by atoms with E-state index in [-0.39, 0.29) is 29.3 Å². The molecule has 4 N–H and O–H groups in total. The van der Waals surface area contributed by atoms with Gasteiger partial charge in [-0.2, -0.15) is 0 Å². The highest BCUT2D eigenvalue weighted by Crippen LogP contribution is 2.65. The average Bonchev–Trinajstić information content (AvgIpc) is 3.72. The van der Waals surface area contributed by atoms with E-state index in [0.717, 1.165) is 50.8 Å². The van der Waals surface area contributed by atoms with Gasteiger partial charge >= 0.3 is 0 Å². The molecule has 7 aliphatic rings. The van der Waals surface area contributed by atoms with Gasteiger partial charge in [0.2, 0.25) is 0 Å². The zero-order valence-electron chi connectivity index (χ0n) is 28.1. The topological polar surface area (TPSA) is 133 Å². The third kappa shape index (κ3) is 4.61. The molecular weight excluding hydrogens is 584 g/mol. The second kappa shape index (κ2) is 11.2. The van der Waals surface area contributed by atoms with E-state index in [0.29, 0.717) is 36.1 Å². The van der Waals surface area contributed by atoms with Gasteiger partial charge in [-0.15, -0.1) is 5.10 Å². The van der Waals surface area contributed by atoms with Crippen LogP contribution in [0.15, 0.2) is 29.0 Å². The van der Waals surface area contributed by atoms with Crippen LogP contribution in [0.3, 0.4) is 0 Å². The van der Waals surface area contributed by atoms with Crippen molar-refractivity contribution in [2.75, 3.05) is 6.54 Å². The third-order valence-corrected chi connectivity index (χ3v) is 14.1. The summed E-state index contributed by atoms with van der Waals surface area (Å²) in [5.74, 6) is 2.86. The quantitative estimate of drug-likeness (QED) is 0.367. The minimum Gasteiger partial charge on any atom is -0.393 e. The Labute approximate surface area is 272 Å². The lowest BCUT2D eigenvalue weighted by Gasteiger charge is -2.49. The molecule has 15 atom stereocenters. The molecule has 15 unspecified atom stereocenters. The number of piperidine rings is 1. The Bertz CT molecular complexity index is 1410. The van der Waals surface area contributed by atoms with Gasteiger partial charge < -0.3 is 29.9 Å². The first-order valence-corrected chi connectivity index (χ1v) is 18.0. The van der Waals surface area contributed by atoms with Crippen LogP contribution in [0, 0.1) is 35.0 Å². The van der Waals surface area contributed by atoms with Crippen molar-refractivity contribution in [1.82, 2.24) is 19.9 Å². The molecule has 8 rings (SSSR count). The van der Waals surface area contributed by atoms with E-state index >= 15 is 0 Å². The number of aliphatic hydroxyl groups excluding tert-OH is 4. The summed E-state index contributed by atoms with van der Waals surface area (Å²) < 4.78 is 14.6. The molecule has 0 aromatic carbocycles. The van der Waals surface area contributed by atoms with Crippen LogP contribution < -0.4 is 0 Å². The first kappa shape index (κ1) is 31.6. The number of hydrogen-bond acceptors (Lipinski definition) is 9. The Kier molecular flexibility index (Phi) is 7.68. The average molecular weight is 639 g/mol. The molecule has 1 spiro atoms. The van der Waals surface area contributed by atoms with Crippen molar-refractivity contribution >= 4 is 0 Å². The van der Waals surface area contributed by atoms with E-state index in [2.05, 4.69) is 49.0 Å². The first-order chi connectivity index (χ1) is 21.9. The summed E-state index contributed by atoms with van der Waals surface area (Å²) in [5, 5.41) is 50.3. The maximum Gasteiger partial charge on any atom is 0.180 e. The molecule has 254 valence electrons. The number of ether oxygens (including phenoxy) is 2. The van der Waals surface area contributed by atoms with Crippen LogP contribution in [0.1, 0.15) is 97.9 Å². The van der Waals surface area contributed by atoms with E-state index < -0.39 is 30.6 Å². The molecule has 5 fully saturated rings. The maximum atomic E-state index is 10.6. The van der Waals surface area contributed by atoms with Gasteiger partial charge in [0, 0.05) is 25.0 Å². The van der Waals surface area contributed by atoms with Gasteiger partial charge in [-0.1, -0.05) is 43.2 Å². The summed E-state index contributed by atoms with van der Waals surface area (Å²) >= 11 is 0. The molecule has 10 nitrogen and oxygen atoms in total. The van der Waals surface area contributed by atoms with Crippen molar-refractivity contribution in [3.63, 3.8) is 0 Å². The molecule has 46 heavy (non-hydrogen) atoms. The van der Waals surface area contributed by atoms with E-state index in [1.165, 1.54) is 28.7 Å². The maximum absolute atomic E-state index is 10.6. The summed E-state index contributed by atoms with van der Waals surface area (Å²) in [6.07, 6.45) is 7.56. The Morgan fingerprint density at radius 1 is 1.02 bits per heavy atom. The predicted molar refractivity (Wildman–Crippen MR) is 170 cm³/mol. The summed E-state index contributed by atoms with van der Waals surface area (Å²) in [7, 11) is 0. The standard InChI is InChI=1S/C36H54N4O6/c1-18-12-29-30(39(15-18)16-23-17-40(38-37-23)34-33(44)32(43)31(42)21(4)45-34)20(3)36(46-29)11-9-25-26-7-6-22-13-24(41)8-10-35(22,5)28(26)14-27(25)19(36)2/h6,17-18,20-21,24-26,28-34,41-44H,7-16H2,1-5H3. The minimum absolute atomic E-state index is 0.163. The minimum atomic E-state index is -1.31. The van der Waals surface area contributed by atoms with Crippen molar-refractivity contribution in [3.05, 3.63) is 34.7 Å². The zero-order valence-corrected chi connectivity index (χ0v) is 28.1. The number of aliphatic hydroxyl groups is 4. The number of likely N-dealkylation sites (tertiary alicyclic amines) is 1. The fourth-order valence-corrected chi connectivity index (χ4v) is 11.6. The summed E-state index contributed by atoms with van der Waals surface area (Å²) in [5.41, 5.74) is 5.49. The monoisotopic (exact) mass is 638 g/mol. The van der Waals surface area contributed by atoms with Gasteiger partial charge in [-0.05, 0) is 99.9 Å². The highest BCUT2D eigenvalue weighted by Gasteiger charge is 2.61. The molecule has 2 saturated carbocycles. The zero-order chi connectivity index (χ0) is 32.3. The summed E-state index contributed by atoms with van der Waals surface area (Å²) in [4.78, 5) is 2.55.